The van der Waals surface area contributed by atoms with Gasteiger partial charge in [-0.1, -0.05) is 36.4 Å². The Balaban J connectivity index is 1.57. The zero-order chi connectivity index (χ0) is 27.4. The maximum Gasteiger partial charge on any atom is 0.337 e. The fourth-order valence-electron chi connectivity index (χ4n) is 4.87. The number of carbonyl (C=O) groups is 2. The van der Waals surface area contributed by atoms with Gasteiger partial charge in [-0.05, 0) is 54.3 Å². The number of hydrogen-bond acceptors (Lipinski definition) is 7. The molecule has 9 heteroatoms. The Labute approximate surface area is 227 Å². The van der Waals surface area contributed by atoms with E-state index in [0.717, 1.165) is 5.56 Å². The molecule has 200 valence electrons. The van der Waals surface area contributed by atoms with E-state index < -0.39 is 21.9 Å². The summed E-state index contributed by atoms with van der Waals surface area (Å²) in [4.78, 5) is 28.9. The van der Waals surface area contributed by atoms with Gasteiger partial charge in [0, 0.05) is 29.9 Å². The Bertz CT molecular complexity index is 1600. The van der Waals surface area contributed by atoms with Crippen LogP contribution in [-0.2, 0) is 33.3 Å². The van der Waals surface area contributed by atoms with Crippen LogP contribution >= 0.6 is 0 Å². The average Bonchev–Trinajstić information content (AvgIpc) is 3.47. The van der Waals surface area contributed by atoms with Crippen LogP contribution in [0.25, 0.3) is 0 Å². The topological polar surface area (TPSA) is 105 Å². The highest BCUT2D eigenvalue weighted by Gasteiger charge is 2.28. The van der Waals surface area contributed by atoms with Crippen LogP contribution in [0, 0.1) is 0 Å². The van der Waals surface area contributed by atoms with Crippen LogP contribution in [-0.4, -0.2) is 36.8 Å². The maximum atomic E-state index is 13.7. The van der Waals surface area contributed by atoms with Gasteiger partial charge in [-0.15, -0.1) is 0 Å². The summed E-state index contributed by atoms with van der Waals surface area (Å²) in [5.41, 5.74) is 2.76. The number of ketones is 1. The predicted octanol–water partition coefficient (Wildman–Crippen LogP) is 4.98. The molecule has 0 radical (unpaired) electrons. The lowest BCUT2D eigenvalue weighted by atomic mass is 9.87. The fraction of sp³-hybridized carbons (Fsp3) is 0.233. The van der Waals surface area contributed by atoms with E-state index in [1.807, 2.05) is 41.1 Å². The number of fused-ring (bicyclic) bond motifs is 1. The summed E-state index contributed by atoms with van der Waals surface area (Å²) in [7, 11) is -2.67. The smallest absolute Gasteiger partial charge is 0.337 e. The molecule has 0 aliphatic heterocycles. The highest BCUT2D eigenvalue weighted by atomic mass is 32.2. The molecule has 0 saturated heterocycles. The SMILES string of the molecule is COC(=O)c1cccc(S(=O)(=O)Cc2c(OC(Cn3ccnc3)c3ccccc3)ccc3c2CCCC3=O)c1. The van der Waals surface area contributed by atoms with E-state index in [4.69, 9.17) is 9.47 Å². The summed E-state index contributed by atoms with van der Waals surface area (Å²) in [5.74, 6) is -0.600. The van der Waals surface area contributed by atoms with Crippen LogP contribution < -0.4 is 4.74 Å². The van der Waals surface area contributed by atoms with Crippen molar-refractivity contribution in [1.29, 1.82) is 0 Å². The number of esters is 1. The molecule has 1 atom stereocenters. The number of ether oxygens (including phenoxy) is 2. The molecule has 1 aliphatic rings. The van der Waals surface area contributed by atoms with Crippen molar-refractivity contribution in [3.8, 4) is 5.75 Å². The van der Waals surface area contributed by atoms with Gasteiger partial charge in [-0.25, -0.2) is 18.2 Å². The van der Waals surface area contributed by atoms with Gasteiger partial charge < -0.3 is 14.0 Å². The number of aromatic nitrogens is 2. The zero-order valence-electron chi connectivity index (χ0n) is 21.4. The van der Waals surface area contributed by atoms with Crippen LogP contribution in [0.5, 0.6) is 5.75 Å². The van der Waals surface area contributed by atoms with Gasteiger partial charge in [-0.2, -0.15) is 0 Å². The van der Waals surface area contributed by atoms with Crippen molar-refractivity contribution >= 4 is 21.6 Å². The van der Waals surface area contributed by atoms with Gasteiger partial charge in [-0.3, -0.25) is 4.79 Å². The van der Waals surface area contributed by atoms with Crippen LogP contribution in [0.1, 0.15) is 56.4 Å². The number of nitrogens with zero attached hydrogens (tertiary/aromatic N) is 2. The van der Waals surface area contributed by atoms with Crippen LogP contribution in [0.2, 0.25) is 0 Å². The Hall–Kier alpha value is -4.24. The molecule has 8 nitrogen and oxygen atoms in total. The Morgan fingerprint density at radius 1 is 1.05 bits per heavy atom. The third-order valence-corrected chi connectivity index (χ3v) is 8.49. The van der Waals surface area contributed by atoms with Crippen molar-refractivity contribution in [1.82, 2.24) is 9.55 Å². The molecule has 3 aromatic carbocycles. The van der Waals surface area contributed by atoms with E-state index >= 15 is 0 Å². The Morgan fingerprint density at radius 2 is 1.87 bits per heavy atom. The molecule has 0 fully saturated rings. The Kier molecular flexibility index (Phi) is 7.60. The largest absolute Gasteiger partial charge is 0.484 e. The quantitative estimate of drug-likeness (QED) is 0.274. The van der Waals surface area contributed by atoms with Crippen molar-refractivity contribution in [3.63, 3.8) is 0 Å². The number of sulfone groups is 1. The molecule has 0 saturated carbocycles. The lowest BCUT2D eigenvalue weighted by molar-refractivity contribution is 0.0600. The second kappa shape index (κ2) is 11.2. The molecule has 1 aliphatic carbocycles. The number of benzene rings is 3. The van der Waals surface area contributed by atoms with Crippen LogP contribution in [0.4, 0.5) is 0 Å². The van der Waals surface area contributed by atoms with Gasteiger partial charge >= 0.3 is 5.97 Å². The summed E-state index contributed by atoms with van der Waals surface area (Å²) < 4.78 is 40.6. The predicted molar refractivity (Wildman–Crippen MR) is 144 cm³/mol. The van der Waals surface area contributed by atoms with E-state index in [1.54, 1.807) is 24.7 Å². The van der Waals surface area contributed by atoms with E-state index in [-0.39, 0.29) is 22.0 Å². The normalized spacial score (nSPS) is 13.9. The first-order valence-electron chi connectivity index (χ1n) is 12.6. The molecule has 0 amide bonds. The van der Waals surface area contributed by atoms with Gasteiger partial charge in [0.25, 0.3) is 0 Å². The lowest BCUT2D eigenvalue weighted by Crippen LogP contribution is -2.19. The first-order chi connectivity index (χ1) is 18.9. The molecular formula is C30H28N2O6S. The second-order valence-corrected chi connectivity index (χ2v) is 11.4. The van der Waals surface area contributed by atoms with E-state index in [2.05, 4.69) is 4.98 Å². The fourth-order valence-corrected chi connectivity index (χ4v) is 6.33. The minimum Gasteiger partial charge on any atom is -0.484 e. The van der Waals surface area contributed by atoms with Crippen molar-refractivity contribution in [3.05, 3.63) is 113 Å². The van der Waals surface area contributed by atoms with Crippen molar-refractivity contribution in [2.75, 3.05) is 7.11 Å². The number of rotatable bonds is 9. The van der Waals surface area contributed by atoms with Gasteiger partial charge in [0.2, 0.25) is 0 Å². The minimum atomic E-state index is -3.92. The third-order valence-electron chi connectivity index (χ3n) is 6.84. The van der Waals surface area contributed by atoms with Crippen molar-refractivity contribution in [2.24, 2.45) is 0 Å². The third kappa shape index (κ3) is 5.78. The highest BCUT2D eigenvalue weighted by Crippen LogP contribution is 2.36. The average molecular weight is 545 g/mol. The zero-order valence-corrected chi connectivity index (χ0v) is 22.3. The van der Waals surface area contributed by atoms with Crippen molar-refractivity contribution < 1.29 is 27.5 Å². The number of hydrogen-bond donors (Lipinski definition) is 0. The molecule has 0 N–H and O–H groups in total. The number of methoxy groups -OCH3 is 1. The standard InChI is InChI=1S/C30H28N2O6S/c1-37-30(34)22-9-5-10-23(17-22)39(35,36)19-26-24-11-6-12-27(33)25(24)13-14-28(26)38-29(18-32-16-15-31-20-32)21-7-3-2-4-8-21/h2-5,7-10,13-17,20,29H,6,11-12,18-19H2,1H3. The molecular weight excluding hydrogens is 516 g/mol. The molecule has 0 spiro atoms. The summed E-state index contributed by atoms with van der Waals surface area (Å²) in [6.07, 6.45) is 6.41. The first kappa shape index (κ1) is 26.4. The van der Waals surface area contributed by atoms with Gasteiger partial charge in [0.05, 0.1) is 36.2 Å². The molecule has 39 heavy (non-hydrogen) atoms. The minimum absolute atomic E-state index is 0.00545. The number of imidazole rings is 1. The number of Topliss-reactive ketones (excluding diaryl/α,β-unsaturated/α-hetero) is 1. The van der Waals surface area contributed by atoms with Crippen LogP contribution in [0.15, 0.2) is 90.3 Å². The summed E-state index contributed by atoms with van der Waals surface area (Å²) in [6.45, 7) is 0.452. The Morgan fingerprint density at radius 3 is 2.62 bits per heavy atom. The molecule has 1 heterocycles. The molecule has 1 aromatic heterocycles. The molecule has 4 aromatic rings. The first-order valence-corrected chi connectivity index (χ1v) is 14.3. The molecule has 1 unspecified atom stereocenters. The maximum absolute atomic E-state index is 13.7. The van der Waals surface area contributed by atoms with E-state index in [1.165, 1.54) is 31.4 Å². The van der Waals surface area contributed by atoms with E-state index in [9.17, 15) is 18.0 Å². The summed E-state index contributed by atoms with van der Waals surface area (Å²) >= 11 is 0. The van der Waals surface area contributed by atoms with Crippen LogP contribution in [0.3, 0.4) is 0 Å². The van der Waals surface area contributed by atoms with Crippen molar-refractivity contribution in [2.45, 2.75) is 42.6 Å². The summed E-state index contributed by atoms with van der Waals surface area (Å²) in [6, 6.07) is 18.9. The van der Waals surface area contributed by atoms with Gasteiger partial charge in [0.1, 0.15) is 11.9 Å². The highest BCUT2D eigenvalue weighted by molar-refractivity contribution is 7.90. The number of carbonyl (C=O) groups excluding carboxylic acids is 2. The van der Waals surface area contributed by atoms with E-state index in [0.29, 0.717) is 48.2 Å². The monoisotopic (exact) mass is 544 g/mol. The molecule has 0 bridgehead atoms. The second-order valence-electron chi connectivity index (χ2n) is 9.40. The summed E-state index contributed by atoms with van der Waals surface area (Å²) in [5, 5.41) is 0. The van der Waals surface area contributed by atoms with Gasteiger partial charge in [0.15, 0.2) is 15.6 Å². The molecule has 5 rings (SSSR count). The lowest BCUT2D eigenvalue weighted by Gasteiger charge is -2.26.